The zero-order chi connectivity index (χ0) is 20.0. The molecule has 1 fully saturated rings. The summed E-state index contributed by atoms with van der Waals surface area (Å²) >= 11 is 1.77. The summed E-state index contributed by atoms with van der Waals surface area (Å²) in [6.07, 6.45) is 3.37. The van der Waals surface area contributed by atoms with Crippen molar-refractivity contribution in [2.75, 3.05) is 39.4 Å². The van der Waals surface area contributed by atoms with Gasteiger partial charge in [0.05, 0.1) is 18.6 Å². The van der Waals surface area contributed by atoms with Gasteiger partial charge in [0.25, 0.3) is 5.91 Å². The van der Waals surface area contributed by atoms with Crippen LogP contribution in [-0.4, -0.2) is 69.8 Å². The minimum absolute atomic E-state index is 0.216. The summed E-state index contributed by atoms with van der Waals surface area (Å²) in [5.41, 5.74) is 2.12. The van der Waals surface area contributed by atoms with Crippen molar-refractivity contribution in [3.05, 3.63) is 22.1 Å². The van der Waals surface area contributed by atoms with Gasteiger partial charge in [0.15, 0.2) is 5.65 Å². The van der Waals surface area contributed by atoms with Gasteiger partial charge in [-0.3, -0.25) is 9.69 Å². The summed E-state index contributed by atoms with van der Waals surface area (Å²) in [7, 11) is 0. The number of fused-ring (bicyclic) bond motifs is 5. The molecule has 3 aromatic rings. The molecule has 2 aliphatic rings. The Bertz CT molecular complexity index is 1070. The summed E-state index contributed by atoms with van der Waals surface area (Å²) < 4.78 is 7.09. The largest absolute Gasteiger partial charge is 0.379 e. The van der Waals surface area contributed by atoms with Gasteiger partial charge in [0, 0.05) is 31.1 Å². The van der Waals surface area contributed by atoms with Crippen molar-refractivity contribution < 1.29 is 9.53 Å². The summed E-state index contributed by atoms with van der Waals surface area (Å²) in [5, 5.41) is 8.52. The SMILES string of the molecule is Cc1nc2sc3c(c2c2nc(C(=O)NCCN4CCOCC4)nn12)CC(C)CC3. The molecule has 9 heteroatoms. The zero-order valence-corrected chi connectivity index (χ0v) is 17.7. The van der Waals surface area contributed by atoms with Gasteiger partial charge < -0.3 is 10.1 Å². The van der Waals surface area contributed by atoms with Crippen molar-refractivity contribution in [1.82, 2.24) is 29.8 Å². The Morgan fingerprint density at radius 2 is 2.14 bits per heavy atom. The van der Waals surface area contributed by atoms with Gasteiger partial charge in [-0.15, -0.1) is 16.4 Å². The van der Waals surface area contributed by atoms with Gasteiger partial charge in [-0.25, -0.2) is 9.97 Å². The van der Waals surface area contributed by atoms with Crippen molar-refractivity contribution in [1.29, 1.82) is 0 Å². The second-order valence-electron chi connectivity index (χ2n) is 8.07. The van der Waals surface area contributed by atoms with Crippen LogP contribution in [0.2, 0.25) is 0 Å². The molecule has 29 heavy (non-hydrogen) atoms. The number of aryl methyl sites for hydroxylation is 2. The van der Waals surface area contributed by atoms with E-state index in [2.05, 4.69) is 27.2 Å². The third-order valence-corrected chi connectivity index (χ3v) is 7.10. The first kappa shape index (κ1) is 18.9. The molecule has 1 aliphatic heterocycles. The number of thiophene rings is 1. The van der Waals surface area contributed by atoms with Crippen molar-refractivity contribution in [2.24, 2.45) is 5.92 Å². The molecule has 0 spiro atoms. The Morgan fingerprint density at radius 1 is 1.31 bits per heavy atom. The summed E-state index contributed by atoms with van der Waals surface area (Å²) in [4.78, 5) is 26.8. The molecule has 1 atom stereocenters. The molecule has 1 N–H and O–H groups in total. The van der Waals surface area contributed by atoms with E-state index in [1.54, 1.807) is 15.9 Å². The van der Waals surface area contributed by atoms with Crippen LogP contribution in [0.25, 0.3) is 15.9 Å². The molecule has 1 amide bonds. The average Bonchev–Trinajstić information content (AvgIpc) is 3.30. The van der Waals surface area contributed by atoms with Gasteiger partial charge in [-0.05, 0) is 37.7 Å². The third kappa shape index (κ3) is 3.51. The fourth-order valence-corrected chi connectivity index (χ4v) is 5.53. The first-order valence-electron chi connectivity index (χ1n) is 10.4. The molecule has 4 heterocycles. The van der Waals surface area contributed by atoms with Crippen LogP contribution in [0, 0.1) is 12.8 Å². The zero-order valence-electron chi connectivity index (χ0n) is 16.9. The standard InChI is InChI=1S/C20H26N6O2S/c1-12-3-4-15-14(11-12)16-18-23-17(24-26(18)13(2)22-20(16)29-15)19(27)21-5-6-25-7-9-28-10-8-25/h12H,3-11H2,1-2H3,(H,21,27). The Hall–Kier alpha value is -2.10. The Labute approximate surface area is 173 Å². The van der Waals surface area contributed by atoms with Gasteiger partial charge in [-0.2, -0.15) is 4.52 Å². The normalized spacial score (nSPS) is 20.3. The van der Waals surface area contributed by atoms with Crippen LogP contribution in [0.5, 0.6) is 0 Å². The molecule has 0 aromatic carbocycles. The maximum Gasteiger partial charge on any atom is 0.291 e. The van der Waals surface area contributed by atoms with E-state index in [0.717, 1.165) is 67.4 Å². The number of ether oxygens (including phenoxy) is 1. The number of aromatic nitrogens is 4. The fourth-order valence-electron chi connectivity index (χ4n) is 4.27. The van der Waals surface area contributed by atoms with E-state index >= 15 is 0 Å². The number of rotatable bonds is 4. The van der Waals surface area contributed by atoms with Crippen LogP contribution in [0.1, 0.15) is 40.2 Å². The molecular formula is C20H26N6O2S. The number of morpholine rings is 1. The van der Waals surface area contributed by atoms with E-state index in [-0.39, 0.29) is 11.7 Å². The first-order valence-corrected chi connectivity index (χ1v) is 11.2. The van der Waals surface area contributed by atoms with Gasteiger partial charge in [0.1, 0.15) is 10.7 Å². The molecule has 1 unspecified atom stereocenters. The second-order valence-corrected chi connectivity index (χ2v) is 9.16. The van der Waals surface area contributed by atoms with Crippen LogP contribution in [0.4, 0.5) is 0 Å². The van der Waals surface area contributed by atoms with E-state index in [1.807, 2.05) is 6.92 Å². The topological polar surface area (TPSA) is 84.7 Å². The predicted octanol–water partition coefficient (Wildman–Crippen LogP) is 1.83. The minimum atomic E-state index is -0.230. The summed E-state index contributed by atoms with van der Waals surface area (Å²) in [6.45, 7) is 8.93. The van der Waals surface area contributed by atoms with E-state index in [1.165, 1.54) is 16.9 Å². The highest BCUT2D eigenvalue weighted by molar-refractivity contribution is 7.19. The van der Waals surface area contributed by atoms with Crippen molar-refractivity contribution in [3.8, 4) is 0 Å². The van der Waals surface area contributed by atoms with Crippen molar-refractivity contribution in [2.45, 2.75) is 33.1 Å². The maximum atomic E-state index is 12.7. The number of carbonyl (C=O) groups is 1. The van der Waals surface area contributed by atoms with Crippen LogP contribution >= 0.6 is 11.3 Å². The molecular weight excluding hydrogens is 388 g/mol. The Morgan fingerprint density at radius 3 is 2.97 bits per heavy atom. The van der Waals surface area contributed by atoms with E-state index in [0.29, 0.717) is 12.5 Å². The molecule has 1 aliphatic carbocycles. The fraction of sp³-hybridized carbons (Fsp3) is 0.600. The summed E-state index contributed by atoms with van der Waals surface area (Å²) in [5.74, 6) is 1.41. The van der Waals surface area contributed by atoms with E-state index < -0.39 is 0 Å². The molecule has 0 saturated carbocycles. The molecule has 0 radical (unpaired) electrons. The van der Waals surface area contributed by atoms with Crippen LogP contribution in [0.15, 0.2) is 0 Å². The second kappa shape index (κ2) is 7.62. The van der Waals surface area contributed by atoms with Gasteiger partial charge in [0.2, 0.25) is 5.82 Å². The monoisotopic (exact) mass is 414 g/mol. The molecule has 0 bridgehead atoms. The Kier molecular flexibility index (Phi) is 4.97. The van der Waals surface area contributed by atoms with Crippen LogP contribution in [-0.2, 0) is 17.6 Å². The molecule has 8 nitrogen and oxygen atoms in total. The lowest BCUT2D eigenvalue weighted by Crippen LogP contribution is -2.41. The molecule has 1 saturated heterocycles. The van der Waals surface area contributed by atoms with Gasteiger partial charge in [-0.1, -0.05) is 6.92 Å². The van der Waals surface area contributed by atoms with Crippen LogP contribution < -0.4 is 5.32 Å². The number of nitrogens with zero attached hydrogens (tertiary/aromatic N) is 5. The van der Waals surface area contributed by atoms with E-state index in [9.17, 15) is 4.79 Å². The first-order chi connectivity index (χ1) is 14.1. The van der Waals surface area contributed by atoms with E-state index in [4.69, 9.17) is 9.72 Å². The van der Waals surface area contributed by atoms with Crippen molar-refractivity contribution in [3.63, 3.8) is 0 Å². The third-order valence-electron chi connectivity index (χ3n) is 5.91. The maximum absolute atomic E-state index is 12.7. The highest BCUT2D eigenvalue weighted by Gasteiger charge is 2.25. The number of hydrogen-bond donors (Lipinski definition) is 1. The predicted molar refractivity (Wildman–Crippen MR) is 112 cm³/mol. The number of amides is 1. The average molecular weight is 415 g/mol. The quantitative estimate of drug-likeness (QED) is 0.701. The number of hydrogen-bond acceptors (Lipinski definition) is 7. The highest BCUT2D eigenvalue weighted by atomic mass is 32.1. The number of carbonyl (C=O) groups excluding carboxylic acids is 1. The lowest BCUT2D eigenvalue weighted by Gasteiger charge is -2.26. The van der Waals surface area contributed by atoms with Crippen molar-refractivity contribution >= 4 is 33.1 Å². The molecule has 5 rings (SSSR count). The lowest BCUT2D eigenvalue weighted by molar-refractivity contribution is 0.0383. The molecule has 3 aromatic heterocycles. The summed E-state index contributed by atoms with van der Waals surface area (Å²) in [6, 6.07) is 0. The van der Waals surface area contributed by atoms with Crippen LogP contribution in [0.3, 0.4) is 0 Å². The van der Waals surface area contributed by atoms with Gasteiger partial charge >= 0.3 is 0 Å². The lowest BCUT2D eigenvalue weighted by atomic mass is 9.89. The highest BCUT2D eigenvalue weighted by Crippen LogP contribution is 2.38. The number of nitrogens with one attached hydrogen (secondary N) is 1. The minimum Gasteiger partial charge on any atom is -0.379 e. The smallest absolute Gasteiger partial charge is 0.291 e. The molecule has 154 valence electrons. The Balaban J connectivity index is 1.41.